The molecule has 36 heavy (non-hydrogen) atoms. The Morgan fingerprint density at radius 2 is 1.81 bits per heavy atom. The van der Waals surface area contributed by atoms with E-state index >= 15 is 0 Å². The molecule has 1 aromatic heterocycles. The van der Waals surface area contributed by atoms with Crippen molar-refractivity contribution in [3.05, 3.63) is 106 Å². The number of carbonyl (C=O) groups is 1. The average Bonchev–Trinajstić information content (AvgIpc) is 3.28. The first-order chi connectivity index (χ1) is 17.5. The van der Waals surface area contributed by atoms with Crippen molar-refractivity contribution in [3.63, 3.8) is 0 Å². The van der Waals surface area contributed by atoms with Crippen molar-refractivity contribution in [1.82, 2.24) is 20.1 Å². The molecular weight excluding hydrogens is 518 g/mol. The van der Waals surface area contributed by atoms with E-state index in [9.17, 15) is 9.18 Å². The number of benzene rings is 3. The Hall–Kier alpha value is -2.87. The summed E-state index contributed by atoms with van der Waals surface area (Å²) >= 11 is 13.9. The van der Waals surface area contributed by atoms with Crippen molar-refractivity contribution in [2.24, 2.45) is 0 Å². The summed E-state index contributed by atoms with van der Waals surface area (Å²) in [5, 5.41) is 13.5. The van der Waals surface area contributed by atoms with Crippen LogP contribution >= 0.6 is 35.0 Å². The Morgan fingerprint density at radius 1 is 0.972 bits per heavy atom. The molecule has 0 unspecified atom stereocenters. The predicted molar refractivity (Wildman–Crippen MR) is 143 cm³/mol. The van der Waals surface area contributed by atoms with E-state index in [0.717, 1.165) is 35.5 Å². The zero-order chi connectivity index (χ0) is 25.3. The van der Waals surface area contributed by atoms with E-state index in [2.05, 4.69) is 15.5 Å². The fourth-order valence-corrected chi connectivity index (χ4v) is 5.14. The largest absolute Gasteiger partial charge is 0.352 e. The van der Waals surface area contributed by atoms with Gasteiger partial charge in [0.05, 0.1) is 5.69 Å². The van der Waals surface area contributed by atoms with Gasteiger partial charge in [-0.15, -0.1) is 10.2 Å². The van der Waals surface area contributed by atoms with E-state index in [4.69, 9.17) is 23.2 Å². The monoisotopic (exact) mass is 542 g/mol. The maximum atomic E-state index is 13.4. The number of hydrogen-bond acceptors (Lipinski definition) is 4. The number of rotatable bonds is 11. The molecule has 9 heteroatoms. The van der Waals surface area contributed by atoms with E-state index in [1.165, 1.54) is 23.9 Å². The number of aryl methyl sites for hydroxylation is 1. The third-order valence-corrected chi connectivity index (χ3v) is 7.09. The number of amides is 1. The van der Waals surface area contributed by atoms with Crippen LogP contribution in [-0.2, 0) is 23.5 Å². The first-order valence-electron chi connectivity index (χ1n) is 11.6. The lowest BCUT2D eigenvalue weighted by Gasteiger charge is -2.11. The van der Waals surface area contributed by atoms with E-state index in [-0.39, 0.29) is 11.7 Å². The molecule has 1 heterocycles. The molecule has 4 aromatic rings. The van der Waals surface area contributed by atoms with Crippen LogP contribution in [0.4, 0.5) is 4.39 Å². The molecule has 0 saturated heterocycles. The van der Waals surface area contributed by atoms with Gasteiger partial charge in [0.2, 0.25) is 5.91 Å². The van der Waals surface area contributed by atoms with Gasteiger partial charge < -0.3 is 5.32 Å². The molecule has 0 aliphatic carbocycles. The molecular formula is C27H25Cl2FN4OS. The van der Waals surface area contributed by atoms with Crippen molar-refractivity contribution in [1.29, 1.82) is 0 Å². The van der Waals surface area contributed by atoms with Crippen LogP contribution in [0.15, 0.2) is 78.0 Å². The van der Waals surface area contributed by atoms with Crippen molar-refractivity contribution in [2.75, 3.05) is 0 Å². The lowest BCUT2D eigenvalue weighted by Crippen LogP contribution is -2.22. The number of nitrogens with zero attached hydrogens (tertiary/aromatic N) is 3. The molecule has 0 radical (unpaired) electrons. The van der Waals surface area contributed by atoms with Gasteiger partial charge >= 0.3 is 0 Å². The zero-order valence-corrected chi connectivity index (χ0v) is 21.8. The van der Waals surface area contributed by atoms with Crippen molar-refractivity contribution in [2.45, 2.75) is 43.1 Å². The maximum absolute atomic E-state index is 13.4. The van der Waals surface area contributed by atoms with E-state index < -0.39 is 0 Å². The molecule has 186 valence electrons. The van der Waals surface area contributed by atoms with E-state index in [1.807, 2.05) is 59.2 Å². The first kappa shape index (κ1) is 26.2. The number of hydrogen-bond donors (Lipinski definition) is 1. The normalized spacial score (nSPS) is 11.0. The molecule has 1 amide bonds. The Morgan fingerprint density at radius 3 is 2.58 bits per heavy atom. The highest BCUT2D eigenvalue weighted by Crippen LogP contribution is 2.29. The van der Waals surface area contributed by atoms with Crippen LogP contribution in [0.3, 0.4) is 0 Å². The quantitative estimate of drug-likeness (QED) is 0.163. The van der Waals surface area contributed by atoms with Crippen LogP contribution in [-0.4, -0.2) is 20.7 Å². The average molecular weight is 543 g/mol. The molecule has 0 aliphatic heterocycles. The summed E-state index contributed by atoms with van der Waals surface area (Å²) in [4.78, 5) is 12.2. The van der Waals surface area contributed by atoms with Gasteiger partial charge in [0.25, 0.3) is 0 Å². The molecule has 3 aromatic carbocycles. The van der Waals surface area contributed by atoms with Crippen molar-refractivity contribution >= 4 is 40.9 Å². The minimum Gasteiger partial charge on any atom is -0.352 e. The molecule has 1 N–H and O–H groups in total. The van der Waals surface area contributed by atoms with E-state index in [0.29, 0.717) is 40.3 Å². The second kappa shape index (κ2) is 12.9. The molecule has 4 rings (SSSR count). The van der Waals surface area contributed by atoms with Gasteiger partial charge in [-0.25, -0.2) is 4.39 Å². The number of thioether (sulfide) groups is 1. The van der Waals surface area contributed by atoms with Gasteiger partial charge in [-0.1, -0.05) is 77.4 Å². The maximum Gasteiger partial charge on any atom is 0.220 e. The number of unbranched alkanes of at least 4 members (excludes halogenated alkanes) is 1. The summed E-state index contributed by atoms with van der Waals surface area (Å²) in [6.45, 7) is 0.529. The molecule has 0 bridgehead atoms. The fraction of sp³-hybridized carbons (Fsp3) is 0.222. The van der Waals surface area contributed by atoms with Crippen molar-refractivity contribution in [3.8, 4) is 5.69 Å². The van der Waals surface area contributed by atoms with Crippen LogP contribution in [0.5, 0.6) is 0 Å². The molecule has 0 atom stereocenters. The summed E-state index contributed by atoms with van der Waals surface area (Å²) in [5.74, 6) is 0.962. The zero-order valence-electron chi connectivity index (χ0n) is 19.5. The minimum absolute atomic E-state index is 0.0302. The van der Waals surface area contributed by atoms with Crippen LogP contribution in [0.25, 0.3) is 5.69 Å². The number of carbonyl (C=O) groups excluding carboxylic acids is 1. The highest BCUT2D eigenvalue weighted by Gasteiger charge is 2.16. The molecule has 0 saturated carbocycles. The lowest BCUT2D eigenvalue weighted by molar-refractivity contribution is -0.121. The van der Waals surface area contributed by atoms with Crippen LogP contribution in [0.1, 0.15) is 36.2 Å². The number of aromatic nitrogens is 3. The van der Waals surface area contributed by atoms with Gasteiger partial charge in [0.1, 0.15) is 11.6 Å². The standard InChI is InChI=1S/C27H25Cl2FN4OS/c28-21-9-6-10-23(15-21)34-25(11-4-5-12-26(35)31-17-19-7-2-1-3-8-19)32-33-27(34)36-18-20-13-14-22(30)16-24(20)29/h1-3,6-10,13-16H,4-5,11-12,17-18H2,(H,31,35). The Balaban J connectivity index is 1.38. The third-order valence-electron chi connectivity index (χ3n) is 5.53. The third kappa shape index (κ3) is 7.32. The Bertz CT molecular complexity index is 1320. The van der Waals surface area contributed by atoms with E-state index in [1.54, 1.807) is 6.07 Å². The van der Waals surface area contributed by atoms with Gasteiger partial charge in [0, 0.05) is 35.2 Å². The topological polar surface area (TPSA) is 59.8 Å². The predicted octanol–water partition coefficient (Wildman–Crippen LogP) is 7.03. The SMILES string of the molecule is O=C(CCCCc1nnc(SCc2ccc(F)cc2Cl)n1-c1cccc(Cl)c1)NCc1ccccc1. The summed E-state index contributed by atoms with van der Waals surface area (Å²) in [6, 6.07) is 21.7. The summed E-state index contributed by atoms with van der Waals surface area (Å²) in [7, 11) is 0. The summed E-state index contributed by atoms with van der Waals surface area (Å²) in [5.41, 5.74) is 2.75. The molecule has 5 nitrogen and oxygen atoms in total. The Labute approximate surface area is 224 Å². The highest BCUT2D eigenvalue weighted by atomic mass is 35.5. The minimum atomic E-state index is -0.369. The lowest BCUT2D eigenvalue weighted by atomic mass is 10.1. The number of halogens is 3. The smallest absolute Gasteiger partial charge is 0.220 e. The second-order valence-corrected chi connectivity index (χ2v) is 9.99. The second-order valence-electron chi connectivity index (χ2n) is 8.21. The molecule has 0 aliphatic rings. The number of nitrogens with one attached hydrogen (secondary N) is 1. The first-order valence-corrected chi connectivity index (χ1v) is 13.3. The van der Waals surface area contributed by atoms with Gasteiger partial charge in [-0.3, -0.25) is 9.36 Å². The van der Waals surface area contributed by atoms with Crippen LogP contribution in [0.2, 0.25) is 10.0 Å². The van der Waals surface area contributed by atoms with Crippen LogP contribution in [0, 0.1) is 5.82 Å². The van der Waals surface area contributed by atoms with Crippen LogP contribution < -0.4 is 5.32 Å². The molecule has 0 spiro atoms. The fourth-order valence-electron chi connectivity index (χ4n) is 3.66. The summed E-state index contributed by atoms with van der Waals surface area (Å²) in [6.07, 6.45) is 2.62. The molecule has 0 fully saturated rings. The highest BCUT2D eigenvalue weighted by molar-refractivity contribution is 7.98. The van der Waals surface area contributed by atoms with Gasteiger partial charge in [-0.2, -0.15) is 0 Å². The Kier molecular flexibility index (Phi) is 9.39. The van der Waals surface area contributed by atoms with Gasteiger partial charge in [0.15, 0.2) is 5.16 Å². The van der Waals surface area contributed by atoms with Gasteiger partial charge in [-0.05, 0) is 54.3 Å². The van der Waals surface area contributed by atoms with Crippen molar-refractivity contribution < 1.29 is 9.18 Å². The summed E-state index contributed by atoms with van der Waals surface area (Å²) < 4.78 is 15.4.